The summed E-state index contributed by atoms with van der Waals surface area (Å²) in [6.07, 6.45) is 1.84. The molecule has 162 valence electrons. The molecule has 0 amide bonds. The Morgan fingerprint density at radius 1 is 0.900 bits per heavy atom. The molecular weight excluding hydrogens is 376 g/mol. The van der Waals surface area contributed by atoms with Crippen molar-refractivity contribution in [3.8, 4) is 5.75 Å². The zero-order valence-corrected chi connectivity index (χ0v) is 19.3. The van der Waals surface area contributed by atoms with Crippen LogP contribution in [0.15, 0.2) is 42.5 Å². The van der Waals surface area contributed by atoms with Crippen LogP contribution in [0.2, 0.25) is 0 Å². The van der Waals surface area contributed by atoms with Crippen LogP contribution in [0.5, 0.6) is 5.75 Å². The summed E-state index contributed by atoms with van der Waals surface area (Å²) in [7, 11) is 1.39. The second-order valence-corrected chi connectivity index (χ2v) is 8.80. The first-order chi connectivity index (χ1) is 14.1. The molecule has 2 aromatic carbocycles. The molecule has 0 bridgehead atoms. The lowest BCUT2D eigenvalue weighted by Gasteiger charge is -2.34. The molecule has 30 heavy (non-hydrogen) atoms. The SMILES string of the molecule is CCC(CC)(c1ccc(C(=O)OC)cc1)c1ccc(OCC(=O)C(C)(C)C)c(C)c1. The van der Waals surface area contributed by atoms with Gasteiger partial charge in [-0.05, 0) is 54.7 Å². The van der Waals surface area contributed by atoms with E-state index in [1.807, 2.05) is 58.0 Å². The monoisotopic (exact) mass is 410 g/mol. The molecular formula is C26H34O4. The van der Waals surface area contributed by atoms with Crippen molar-refractivity contribution in [2.24, 2.45) is 5.41 Å². The van der Waals surface area contributed by atoms with Gasteiger partial charge in [-0.1, -0.05) is 58.9 Å². The summed E-state index contributed by atoms with van der Waals surface area (Å²) in [5.74, 6) is 0.480. The minimum Gasteiger partial charge on any atom is -0.486 e. The van der Waals surface area contributed by atoms with Crippen LogP contribution in [-0.4, -0.2) is 25.5 Å². The molecule has 0 atom stereocenters. The highest BCUT2D eigenvalue weighted by Crippen LogP contribution is 2.40. The number of methoxy groups -OCH3 is 1. The number of hydrogen-bond acceptors (Lipinski definition) is 4. The van der Waals surface area contributed by atoms with E-state index >= 15 is 0 Å². The van der Waals surface area contributed by atoms with Crippen LogP contribution in [0.1, 0.15) is 74.5 Å². The third-order valence-electron chi connectivity index (χ3n) is 5.99. The van der Waals surface area contributed by atoms with Gasteiger partial charge >= 0.3 is 5.97 Å². The summed E-state index contributed by atoms with van der Waals surface area (Å²) >= 11 is 0. The van der Waals surface area contributed by atoms with Gasteiger partial charge in [-0.3, -0.25) is 4.79 Å². The lowest BCUT2D eigenvalue weighted by Crippen LogP contribution is -2.27. The topological polar surface area (TPSA) is 52.6 Å². The summed E-state index contributed by atoms with van der Waals surface area (Å²) in [4.78, 5) is 24.0. The van der Waals surface area contributed by atoms with Gasteiger partial charge in [0.25, 0.3) is 0 Å². The van der Waals surface area contributed by atoms with Gasteiger partial charge in [0.2, 0.25) is 0 Å². The van der Waals surface area contributed by atoms with E-state index in [9.17, 15) is 9.59 Å². The Morgan fingerprint density at radius 3 is 1.93 bits per heavy atom. The molecule has 0 heterocycles. The Balaban J connectivity index is 2.34. The van der Waals surface area contributed by atoms with Crippen molar-refractivity contribution < 1.29 is 19.1 Å². The molecule has 4 heteroatoms. The number of ketones is 1. The van der Waals surface area contributed by atoms with E-state index in [2.05, 4.69) is 26.0 Å². The number of rotatable bonds is 8. The van der Waals surface area contributed by atoms with Crippen LogP contribution >= 0.6 is 0 Å². The third-order valence-corrected chi connectivity index (χ3v) is 5.99. The molecule has 0 saturated carbocycles. The number of carbonyl (C=O) groups excluding carboxylic acids is 2. The van der Waals surface area contributed by atoms with Crippen molar-refractivity contribution in [3.63, 3.8) is 0 Å². The van der Waals surface area contributed by atoms with E-state index in [0.717, 1.165) is 29.7 Å². The molecule has 0 fully saturated rings. The molecule has 0 aliphatic rings. The molecule has 0 unspecified atom stereocenters. The number of aryl methyl sites for hydroxylation is 1. The molecule has 0 aromatic heterocycles. The van der Waals surface area contributed by atoms with Gasteiger partial charge in [-0.15, -0.1) is 0 Å². The Hall–Kier alpha value is -2.62. The van der Waals surface area contributed by atoms with E-state index in [-0.39, 0.29) is 23.8 Å². The molecule has 0 spiro atoms. The zero-order chi connectivity index (χ0) is 22.5. The van der Waals surface area contributed by atoms with Gasteiger partial charge in [-0.25, -0.2) is 4.79 Å². The van der Waals surface area contributed by atoms with Gasteiger partial charge in [-0.2, -0.15) is 0 Å². The average molecular weight is 411 g/mol. The van der Waals surface area contributed by atoms with E-state index in [0.29, 0.717) is 5.56 Å². The minimum atomic E-state index is -0.413. The first-order valence-corrected chi connectivity index (χ1v) is 10.5. The van der Waals surface area contributed by atoms with Crippen LogP contribution in [-0.2, 0) is 14.9 Å². The number of hydrogen-bond donors (Lipinski definition) is 0. The van der Waals surface area contributed by atoms with E-state index < -0.39 is 5.41 Å². The highest BCUT2D eigenvalue weighted by Gasteiger charge is 2.31. The Labute approximate surface area is 180 Å². The molecule has 2 aromatic rings. The molecule has 0 aliphatic carbocycles. The molecule has 0 radical (unpaired) electrons. The maximum atomic E-state index is 12.2. The second kappa shape index (κ2) is 9.46. The quantitative estimate of drug-likeness (QED) is 0.510. The summed E-state index contributed by atoms with van der Waals surface area (Å²) in [5, 5.41) is 0. The van der Waals surface area contributed by atoms with Crippen LogP contribution in [0.3, 0.4) is 0 Å². The summed E-state index contributed by atoms with van der Waals surface area (Å²) in [5.41, 5.74) is 3.34. The number of carbonyl (C=O) groups is 2. The third kappa shape index (κ3) is 4.92. The maximum Gasteiger partial charge on any atom is 0.337 e. The fourth-order valence-corrected chi connectivity index (χ4v) is 3.75. The Bertz CT molecular complexity index is 884. The normalized spacial score (nSPS) is 11.8. The van der Waals surface area contributed by atoms with Crippen molar-refractivity contribution in [1.29, 1.82) is 0 Å². The van der Waals surface area contributed by atoms with Gasteiger partial charge in [0.15, 0.2) is 5.78 Å². The maximum absolute atomic E-state index is 12.2. The zero-order valence-electron chi connectivity index (χ0n) is 19.3. The smallest absolute Gasteiger partial charge is 0.337 e. The molecule has 4 nitrogen and oxygen atoms in total. The van der Waals surface area contributed by atoms with Crippen LogP contribution < -0.4 is 4.74 Å². The van der Waals surface area contributed by atoms with Gasteiger partial charge in [0.05, 0.1) is 12.7 Å². The molecule has 0 N–H and O–H groups in total. The second-order valence-electron chi connectivity index (χ2n) is 8.80. The average Bonchev–Trinajstić information content (AvgIpc) is 2.73. The van der Waals surface area contributed by atoms with Crippen molar-refractivity contribution in [2.45, 2.75) is 59.8 Å². The van der Waals surface area contributed by atoms with Crippen molar-refractivity contribution in [2.75, 3.05) is 13.7 Å². The van der Waals surface area contributed by atoms with Crippen molar-refractivity contribution >= 4 is 11.8 Å². The molecule has 0 saturated heterocycles. The molecule has 2 rings (SSSR count). The summed E-state index contributed by atoms with van der Waals surface area (Å²) in [6, 6.07) is 13.9. The van der Waals surface area contributed by atoms with Gasteiger partial charge < -0.3 is 9.47 Å². The lowest BCUT2D eigenvalue weighted by molar-refractivity contribution is -0.128. The first kappa shape index (κ1) is 23.7. The molecule has 0 aliphatic heterocycles. The Kier molecular flexibility index (Phi) is 7.46. The first-order valence-electron chi connectivity index (χ1n) is 10.5. The minimum absolute atomic E-state index is 0.0748. The van der Waals surface area contributed by atoms with Crippen molar-refractivity contribution in [3.05, 3.63) is 64.7 Å². The van der Waals surface area contributed by atoms with Gasteiger partial charge in [0.1, 0.15) is 12.4 Å². The van der Waals surface area contributed by atoms with Crippen molar-refractivity contribution in [1.82, 2.24) is 0 Å². The largest absolute Gasteiger partial charge is 0.486 e. The summed E-state index contributed by atoms with van der Waals surface area (Å²) < 4.78 is 10.6. The summed E-state index contributed by atoms with van der Waals surface area (Å²) in [6.45, 7) is 12.1. The highest BCUT2D eigenvalue weighted by atomic mass is 16.5. The fourth-order valence-electron chi connectivity index (χ4n) is 3.75. The van der Waals surface area contributed by atoms with E-state index in [4.69, 9.17) is 9.47 Å². The van der Waals surface area contributed by atoms with Crippen LogP contribution in [0.4, 0.5) is 0 Å². The number of ether oxygens (including phenoxy) is 2. The predicted molar refractivity (Wildman–Crippen MR) is 120 cm³/mol. The van der Waals surface area contributed by atoms with Crippen LogP contribution in [0, 0.1) is 12.3 Å². The standard InChI is InChI=1S/C26H34O4/c1-8-26(9-2,20-12-10-19(11-13-20)24(28)29-7)21-14-15-22(18(3)16-21)30-17-23(27)25(4,5)6/h10-16H,8-9,17H2,1-7H3. The van der Waals surface area contributed by atoms with Gasteiger partial charge in [0, 0.05) is 10.8 Å². The lowest BCUT2D eigenvalue weighted by atomic mass is 9.70. The number of benzene rings is 2. The number of Topliss-reactive ketones (excluding diaryl/α,β-unsaturated/α-hetero) is 1. The van der Waals surface area contributed by atoms with Crippen LogP contribution in [0.25, 0.3) is 0 Å². The number of esters is 1. The Morgan fingerprint density at radius 2 is 1.47 bits per heavy atom. The highest BCUT2D eigenvalue weighted by molar-refractivity contribution is 5.89. The van der Waals surface area contributed by atoms with E-state index in [1.165, 1.54) is 12.7 Å². The van der Waals surface area contributed by atoms with E-state index in [1.54, 1.807) is 0 Å². The fraction of sp³-hybridized carbons (Fsp3) is 0.462. The predicted octanol–water partition coefficient (Wildman–Crippen LogP) is 5.88.